The molecule has 0 heterocycles. The molecule has 0 aliphatic heterocycles. The Morgan fingerprint density at radius 1 is 0.690 bits per heavy atom. The summed E-state index contributed by atoms with van der Waals surface area (Å²) in [6, 6.07) is 38.2. The molecule has 0 saturated heterocycles. The lowest BCUT2D eigenvalue weighted by molar-refractivity contribution is -0.119. The minimum atomic E-state index is -3.87. The number of thioether (sulfide) groups is 1. The number of nitrogens with one attached hydrogen (secondary N) is 2. The second kappa shape index (κ2) is 13.6. The maximum absolute atomic E-state index is 13.2. The molecule has 0 aliphatic rings. The Labute approximate surface area is 250 Å². The fourth-order valence-corrected chi connectivity index (χ4v) is 6.36. The summed E-state index contributed by atoms with van der Waals surface area (Å²) in [5, 5.41) is 5.23. The van der Waals surface area contributed by atoms with Gasteiger partial charge in [-0.15, -0.1) is 11.8 Å². The van der Waals surface area contributed by atoms with Gasteiger partial charge in [0.15, 0.2) is 5.78 Å². The van der Waals surface area contributed by atoms with Crippen molar-refractivity contribution < 1.29 is 18.0 Å². The average molecular weight is 595 g/mol. The fourth-order valence-electron chi connectivity index (χ4n) is 4.51. The number of carbonyl (C=O) groups excluding carboxylic acids is 2. The van der Waals surface area contributed by atoms with Gasteiger partial charge in [-0.1, -0.05) is 91.0 Å². The fraction of sp³-hybridized carbons (Fsp3) is 0.118. The Morgan fingerprint density at radius 2 is 1.33 bits per heavy atom. The Hall–Kier alpha value is -4.24. The first-order chi connectivity index (χ1) is 20.4. The van der Waals surface area contributed by atoms with Crippen LogP contribution in [-0.2, 0) is 27.0 Å². The molecule has 0 aromatic heterocycles. The van der Waals surface area contributed by atoms with Crippen LogP contribution >= 0.6 is 11.8 Å². The Morgan fingerprint density at radius 3 is 2.05 bits per heavy atom. The zero-order chi connectivity index (χ0) is 29.4. The van der Waals surface area contributed by atoms with Crippen molar-refractivity contribution in [1.82, 2.24) is 10.0 Å². The second-order valence-electron chi connectivity index (χ2n) is 9.81. The van der Waals surface area contributed by atoms with Crippen LogP contribution in [0.3, 0.4) is 0 Å². The van der Waals surface area contributed by atoms with Crippen LogP contribution in [0.4, 0.5) is 0 Å². The van der Waals surface area contributed by atoms with Gasteiger partial charge in [0.25, 0.3) is 5.91 Å². The van der Waals surface area contributed by atoms with Crippen LogP contribution in [0.15, 0.2) is 137 Å². The van der Waals surface area contributed by atoms with E-state index in [0.717, 1.165) is 16.2 Å². The van der Waals surface area contributed by atoms with Crippen molar-refractivity contribution in [3.05, 3.63) is 144 Å². The molecule has 8 heteroatoms. The Balaban J connectivity index is 1.23. The lowest BCUT2D eigenvalue weighted by atomic mass is 10.0. The average Bonchev–Trinajstić information content (AvgIpc) is 3.03. The van der Waals surface area contributed by atoms with Crippen molar-refractivity contribution in [2.24, 2.45) is 0 Å². The van der Waals surface area contributed by atoms with E-state index in [9.17, 15) is 18.0 Å². The second-order valence-corrected chi connectivity index (χ2v) is 12.6. The van der Waals surface area contributed by atoms with Crippen LogP contribution in [0.5, 0.6) is 0 Å². The van der Waals surface area contributed by atoms with E-state index in [1.807, 2.05) is 54.6 Å². The van der Waals surface area contributed by atoms with Crippen LogP contribution in [0, 0.1) is 0 Å². The molecule has 2 N–H and O–H groups in total. The van der Waals surface area contributed by atoms with Gasteiger partial charge in [0, 0.05) is 16.2 Å². The molecule has 0 radical (unpaired) electrons. The first-order valence-corrected chi connectivity index (χ1v) is 16.0. The number of ketones is 1. The normalized spacial score (nSPS) is 12.1. The molecule has 0 bridgehead atoms. The first-order valence-electron chi connectivity index (χ1n) is 13.5. The quantitative estimate of drug-likeness (QED) is 0.172. The monoisotopic (exact) mass is 594 g/mol. The van der Waals surface area contributed by atoms with Crippen molar-refractivity contribution >= 4 is 44.2 Å². The maximum atomic E-state index is 13.2. The molecule has 0 saturated carbocycles. The van der Waals surface area contributed by atoms with Gasteiger partial charge in [0.05, 0.1) is 17.5 Å². The third-order valence-corrected chi connectivity index (χ3v) is 9.30. The zero-order valence-corrected chi connectivity index (χ0v) is 24.4. The predicted octanol–water partition coefficient (Wildman–Crippen LogP) is 6.02. The van der Waals surface area contributed by atoms with Gasteiger partial charge in [0.2, 0.25) is 10.0 Å². The molecule has 5 aromatic carbocycles. The van der Waals surface area contributed by atoms with Crippen LogP contribution in [0.2, 0.25) is 0 Å². The van der Waals surface area contributed by atoms with Crippen molar-refractivity contribution in [2.45, 2.75) is 28.0 Å². The van der Waals surface area contributed by atoms with Crippen LogP contribution in [-0.4, -0.2) is 32.7 Å². The molecule has 1 atom stereocenters. The van der Waals surface area contributed by atoms with Gasteiger partial charge in [-0.3, -0.25) is 9.59 Å². The number of sulfonamides is 1. The van der Waals surface area contributed by atoms with E-state index in [1.54, 1.807) is 42.1 Å². The van der Waals surface area contributed by atoms with Crippen molar-refractivity contribution in [1.29, 1.82) is 0 Å². The molecule has 212 valence electrons. The standard InChI is InChI=1S/C34H30N2O4S2/c37-33(23-35-42(39,40)31-13-5-2-6-14-31)32(22-25-9-3-1-4-10-25)36-34(38)28-17-19-30(20-18-28)41-24-26-15-16-27-11-7-8-12-29(27)21-26/h1-21,32,35H,22-24H2,(H,36,38)/t32-/m0/s1. The highest BCUT2D eigenvalue weighted by Gasteiger charge is 2.24. The molecule has 6 nitrogen and oxygen atoms in total. The van der Waals surface area contributed by atoms with Gasteiger partial charge in [0.1, 0.15) is 0 Å². The van der Waals surface area contributed by atoms with Crippen molar-refractivity contribution in [2.75, 3.05) is 6.54 Å². The lowest BCUT2D eigenvalue weighted by Crippen LogP contribution is -2.46. The smallest absolute Gasteiger partial charge is 0.251 e. The van der Waals surface area contributed by atoms with Crippen molar-refractivity contribution in [3.8, 4) is 0 Å². The van der Waals surface area contributed by atoms with E-state index in [1.165, 1.54) is 28.5 Å². The number of amides is 1. The van der Waals surface area contributed by atoms with E-state index >= 15 is 0 Å². The molecule has 42 heavy (non-hydrogen) atoms. The van der Waals surface area contributed by atoms with Crippen LogP contribution in [0.1, 0.15) is 21.5 Å². The van der Waals surface area contributed by atoms with E-state index < -0.39 is 34.3 Å². The molecule has 0 spiro atoms. The summed E-state index contributed by atoms with van der Waals surface area (Å²) in [5.74, 6) is -0.0429. The van der Waals surface area contributed by atoms with E-state index in [4.69, 9.17) is 0 Å². The van der Waals surface area contributed by atoms with Crippen LogP contribution in [0.25, 0.3) is 10.8 Å². The van der Waals surface area contributed by atoms with Gasteiger partial charge >= 0.3 is 0 Å². The van der Waals surface area contributed by atoms with Gasteiger partial charge < -0.3 is 5.32 Å². The largest absolute Gasteiger partial charge is 0.342 e. The predicted molar refractivity (Wildman–Crippen MR) is 168 cm³/mol. The number of carbonyl (C=O) groups is 2. The minimum Gasteiger partial charge on any atom is -0.342 e. The molecule has 0 aliphatic carbocycles. The molecule has 5 aromatic rings. The molecule has 1 amide bonds. The van der Waals surface area contributed by atoms with Gasteiger partial charge in [-0.25, -0.2) is 13.1 Å². The Kier molecular flexibility index (Phi) is 9.48. The molecular formula is C34H30N2O4S2. The maximum Gasteiger partial charge on any atom is 0.251 e. The number of hydrogen-bond donors (Lipinski definition) is 2. The number of rotatable bonds is 12. The summed E-state index contributed by atoms with van der Waals surface area (Å²) in [6.45, 7) is -0.445. The highest BCUT2D eigenvalue weighted by atomic mass is 32.2. The number of benzene rings is 5. The molecule has 5 rings (SSSR count). The number of fused-ring (bicyclic) bond motifs is 1. The summed E-state index contributed by atoms with van der Waals surface area (Å²) in [7, 11) is -3.87. The Bertz CT molecular complexity index is 1780. The van der Waals surface area contributed by atoms with Crippen LogP contribution < -0.4 is 10.0 Å². The molecular weight excluding hydrogens is 565 g/mol. The highest BCUT2D eigenvalue weighted by molar-refractivity contribution is 7.98. The highest BCUT2D eigenvalue weighted by Crippen LogP contribution is 2.25. The summed E-state index contributed by atoms with van der Waals surface area (Å²) in [4.78, 5) is 27.5. The van der Waals surface area contributed by atoms with E-state index in [2.05, 4.69) is 40.4 Å². The summed E-state index contributed by atoms with van der Waals surface area (Å²) in [5.41, 5.74) is 2.48. The SMILES string of the molecule is O=C(N[C@@H](Cc1ccccc1)C(=O)CNS(=O)(=O)c1ccccc1)c1ccc(SCc2ccc3ccccc3c2)cc1. The van der Waals surface area contributed by atoms with E-state index in [0.29, 0.717) is 5.56 Å². The zero-order valence-electron chi connectivity index (χ0n) is 22.8. The van der Waals surface area contributed by atoms with E-state index in [-0.39, 0.29) is 11.3 Å². The number of Topliss-reactive ketones (excluding diaryl/α,β-unsaturated/α-hetero) is 1. The first kappa shape index (κ1) is 29.3. The third kappa shape index (κ3) is 7.73. The summed E-state index contributed by atoms with van der Waals surface area (Å²) >= 11 is 1.68. The summed E-state index contributed by atoms with van der Waals surface area (Å²) < 4.78 is 27.7. The van der Waals surface area contributed by atoms with Gasteiger partial charge in [-0.05, 0) is 64.7 Å². The lowest BCUT2D eigenvalue weighted by Gasteiger charge is -2.18. The third-order valence-electron chi connectivity index (χ3n) is 6.80. The van der Waals surface area contributed by atoms with Gasteiger partial charge in [-0.2, -0.15) is 0 Å². The minimum absolute atomic E-state index is 0.0695. The summed E-state index contributed by atoms with van der Waals surface area (Å²) in [6.07, 6.45) is 0.234. The van der Waals surface area contributed by atoms with Crippen molar-refractivity contribution in [3.63, 3.8) is 0 Å². The topological polar surface area (TPSA) is 92.3 Å². The number of hydrogen-bond acceptors (Lipinski definition) is 5. The molecule has 0 fully saturated rings. The molecule has 0 unspecified atom stereocenters.